The van der Waals surface area contributed by atoms with Crippen molar-refractivity contribution in [1.82, 2.24) is 19.9 Å². The summed E-state index contributed by atoms with van der Waals surface area (Å²) < 4.78 is 1.78. The Hall–Kier alpha value is -1.62. The van der Waals surface area contributed by atoms with Gasteiger partial charge in [-0.25, -0.2) is 4.52 Å². The van der Waals surface area contributed by atoms with Gasteiger partial charge in [0.2, 0.25) is 0 Å². The Labute approximate surface area is 126 Å². The molecule has 0 fully saturated rings. The van der Waals surface area contributed by atoms with Crippen molar-refractivity contribution < 1.29 is 0 Å². The lowest BCUT2D eigenvalue weighted by Gasteiger charge is -2.17. The molecule has 102 valence electrons. The molecule has 6 heteroatoms. The van der Waals surface area contributed by atoms with Crippen LogP contribution < -0.4 is 5.32 Å². The molecule has 3 aromatic rings. The van der Waals surface area contributed by atoms with E-state index in [2.05, 4.69) is 15.4 Å². The highest BCUT2D eigenvalue weighted by atomic mass is 35.5. The van der Waals surface area contributed by atoms with Crippen molar-refractivity contribution in [3.05, 3.63) is 64.2 Å². The third kappa shape index (κ3) is 2.26. The minimum atomic E-state index is -0.0945. The Balaban J connectivity index is 2.16. The van der Waals surface area contributed by atoms with Crippen LogP contribution in [0, 0.1) is 0 Å². The first-order valence-electron chi connectivity index (χ1n) is 6.10. The van der Waals surface area contributed by atoms with Gasteiger partial charge in [-0.3, -0.25) is 4.98 Å². The lowest BCUT2D eigenvalue weighted by molar-refractivity contribution is 0.696. The topological polar surface area (TPSA) is 42.2 Å². The number of benzene rings is 1. The Kier molecular flexibility index (Phi) is 3.61. The Morgan fingerprint density at radius 3 is 2.85 bits per heavy atom. The monoisotopic (exact) mass is 306 g/mol. The maximum Gasteiger partial charge on any atom is 0.0896 e. The molecule has 1 aromatic carbocycles. The molecule has 2 aromatic heterocycles. The number of hydrogen-bond donors (Lipinski definition) is 1. The molecule has 20 heavy (non-hydrogen) atoms. The van der Waals surface area contributed by atoms with Gasteiger partial charge in [-0.05, 0) is 30.8 Å². The van der Waals surface area contributed by atoms with Crippen LogP contribution in [0.1, 0.15) is 17.2 Å². The SMILES string of the molecule is CNC(c1cc(Cl)ccc1Cl)c1cnn2ccncc12. The van der Waals surface area contributed by atoms with Gasteiger partial charge in [0.05, 0.1) is 24.0 Å². The number of halogens is 2. The second-order valence-corrected chi connectivity index (χ2v) is 5.24. The van der Waals surface area contributed by atoms with Gasteiger partial charge in [-0.15, -0.1) is 0 Å². The van der Waals surface area contributed by atoms with Crippen molar-refractivity contribution in [2.24, 2.45) is 0 Å². The summed E-state index contributed by atoms with van der Waals surface area (Å²) in [4.78, 5) is 4.15. The second-order valence-electron chi connectivity index (χ2n) is 4.39. The summed E-state index contributed by atoms with van der Waals surface area (Å²) in [5.41, 5.74) is 2.85. The normalized spacial score (nSPS) is 12.8. The van der Waals surface area contributed by atoms with Gasteiger partial charge < -0.3 is 5.32 Å². The number of nitrogens with one attached hydrogen (secondary N) is 1. The quantitative estimate of drug-likeness (QED) is 0.807. The van der Waals surface area contributed by atoms with E-state index in [1.165, 1.54) is 0 Å². The predicted octanol–water partition coefficient (Wildman–Crippen LogP) is 3.34. The Bertz CT molecular complexity index is 754. The first kappa shape index (κ1) is 13.4. The summed E-state index contributed by atoms with van der Waals surface area (Å²) in [5, 5.41) is 8.90. The maximum atomic E-state index is 6.30. The number of rotatable bonds is 3. The van der Waals surface area contributed by atoms with Crippen LogP contribution >= 0.6 is 23.2 Å². The van der Waals surface area contributed by atoms with E-state index < -0.39 is 0 Å². The van der Waals surface area contributed by atoms with Crippen LogP contribution in [-0.4, -0.2) is 21.6 Å². The molecule has 1 N–H and O–H groups in total. The van der Waals surface area contributed by atoms with Crippen LogP contribution in [0.2, 0.25) is 10.0 Å². The van der Waals surface area contributed by atoms with E-state index in [4.69, 9.17) is 23.2 Å². The molecule has 0 radical (unpaired) electrons. The fraction of sp³-hybridized carbons (Fsp3) is 0.143. The Morgan fingerprint density at radius 1 is 1.20 bits per heavy atom. The summed E-state index contributed by atoms with van der Waals surface area (Å²) in [6, 6.07) is 5.35. The van der Waals surface area contributed by atoms with Gasteiger partial charge in [-0.2, -0.15) is 5.10 Å². The largest absolute Gasteiger partial charge is 0.309 e. The lowest BCUT2D eigenvalue weighted by Crippen LogP contribution is -2.18. The van der Waals surface area contributed by atoms with Crippen molar-refractivity contribution in [3.8, 4) is 0 Å². The van der Waals surface area contributed by atoms with Gasteiger partial charge >= 0.3 is 0 Å². The molecule has 0 saturated heterocycles. The molecular weight excluding hydrogens is 295 g/mol. The van der Waals surface area contributed by atoms with Crippen molar-refractivity contribution in [3.63, 3.8) is 0 Å². The van der Waals surface area contributed by atoms with Gasteiger partial charge in [0.15, 0.2) is 0 Å². The lowest BCUT2D eigenvalue weighted by atomic mass is 10.0. The molecule has 2 heterocycles. The molecule has 1 unspecified atom stereocenters. The van der Waals surface area contributed by atoms with E-state index >= 15 is 0 Å². The van der Waals surface area contributed by atoms with Crippen molar-refractivity contribution in [2.75, 3.05) is 7.05 Å². The summed E-state index contributed by atoms with van der Waals surface area (Å²) in [6.45, 7) is 0. The van der Waals surface area contributed by atoms with Gasteiger partial charge in [-0.1, -0.05) is 23.2 Å². The first-order valence-corrected chi connectivity index (χ1v) is 6.86. The van der Waals surface area contributed by atoms with E-state index in [9.17, 15) is 0 Å². The molecule has 0 amide bonds. The third-order valence-corrected chi connectivity index (χ3v) is 3.80. The summed E-state index contributed by atoms with van der Waals surface area (Å²) in [5.74, 6) is 0. The van der Waals surface area contributed by atoms with E-state index in [0.717, 1.165) is 16.6 Å². The van der Waals surface area contributed by atoms with E-state index in [1.807, 2.05) is 25.5 Å². The van der Waals surface area contributed by atoms with E-state index in [-0.39, 0.29) is 6.04 Å². The van der Waals surface area contributed by atoms with Crippen LogP contribution in [0.3, 0.4) is 0 Å². The minimum absolute atomic E-state index is 0.0945. The predicted molar refractivity (Wildman–Crippen MR) is 80.4 cm³/mol. The van der Waals surface area contributed by atoms with E-state index in [1.54, 1.807) is 29.0 Å². The molecular formula is C14H12Cl2N4. The highest BCUT2D eigenvalue weighted by Gasteiger charge is 2.19. The molecule has 3 rings (SSSR count). The smallest absolute Gasteiger partial charge is 0.0896 e. The molecule has 1 atom stereocenters. The van der Waals surface area contributed by atoms with Crippen LogP contribution in [0.4, 0.5) is 0 Å². The zero-order valence-electron chi connectivity index (χ0n) is 10.7. The Morgan fingerprint density at radius 2 is 2.05 bits per heavy atom. The number of fused-ring (bicyclic) bond motifs is 1. The number of nitrogens with zero attached hydrogens (tertiary/aromatic N) is 3. The minimum Gasteiger partial charge on any atom is -0.309 e. The van der Waals surface area contributed by atoms with Crippen molar-refractivity contribution in [2.45, 2.75) is 6.04 Å². The summed E-state index contributed by atoms with van der Waals surface area (Å²) in [7, 11) is 1.88. The van der Waals surface area contributed by atoms with Crippen molar-refractivity contribution >= 4 is 28.7 Å². The fourth-order valence-corrected chi connectivity index (χ4v) is 2.70. The highest BCUT2D eigenvalue weighted by molar-refractivity contribution is 6.33. The average Bonchev–Trinajstić information content (AvgIpc) is 2.88. The molecule has 0 spiro atoms. The third-order valence-electron chi connectivity index (χ3n) is 3.22. The van der Waals surface area contributed by atoms with Crippen LogP contribution in [0.5, 0.6) is 0 Å². The zero-order chi connectivity index (χ0) is 14.1. The second kappa shape index (κ2) is 5.40. The number of aromatic nitrogens is 3. The molecule has 0 aliphatic rings. The molecule has 4 nitrogen and oxygen atoms in total. The standard InChI is InChI=1S/C14H12Cl2N4/c1-17-14(10-6-9(15)2-3-12(10)16)11-7-19-20-5-4-18-8-13(11)20/h2-8,14,17H,1H3. The first-order chi connectivity index (χ1) is 9.70. The summed E-state index contributed by atoms with van der Waals surface area (Å²) >= 11 is 12.4. The molecule has 0 aliphatic heterocycles. The van der Waals surface area contributed by atoms with Crippen LogP contribution in [0.15, 0.2) is 43.0 Å². The highest BCUT2D eigenvalue weighted by Crippen LogP contribution is 2.32. The summed E-state index contributed by atoms with van der Waals surface area (Å²) in [6.07, 6.45) is 7.11. The van der Waals surface area contributed by atoms with Crippen LogP contribution in [0.25, 0.3) is 5.52 Å². The van der Waals surface area contributed by atoms with Gasteiger partial charge in [0, 0.05) is 28.0 Å². The molecule has 0 bridgehead atoms. The fourth-order valence-electron chi connectivity index (χ4n) is 2.29. The average molecular weight is 307 g/mol. The molecule has 0 aliphatic carbocycles. The van der Waals surface area contributed by atoms with Gasteiger partial charge in [0.25, 0.3) is 0 Å². The van der Waals surface area contributed by atoms with Crippen molar-refractivity contribution in [1.29, 1.82) is 0 Å². The van der Waals surface area contributed by atoms with E-state index in [0.29, 0.717) is 10.0 Å². The molecule has 0 saturated carbocycles. The maximum absolute atomic E-state index is 6.30. The van der Waals surface area contributed by atoms with Gasteiger partial charge in [0.1, 0.15) is 0 Å². The number of hydrogen-bond acceptors (Lipinski definition) is 3. The van der Waals surface area contributed by atoms with Crippen LogP contribution in [-0.2, 0) is 0 Å². The zero-order valence-corrected chi connectivity index (χ0v) is 12.2.